The third-order valence-electron chi connectivity index (χ3n) is 3.67. The van der Waals surface area contributed by atoms with Gasteiger partial charge in [-0.2, -0.15) is 0 Å². The highest BCUT2D eigenvalue weighted by atomic mass is 15.2. The molecule has 0 N–H and O–H groups in total. The number of aliphatic imine (C=N–C) groups is 1. The van der Waals surface area contributed by atoms with Crippen molar-refractivity contribution in [2.75, 3.05) is 0 Å². The summed E-state index contributed by atoms with van der Waals surface area (Å²) in [6.45, 7) is 4.50. The Labute approximate surface area is 78.0 Å². The van der Waals surface area contributed by atoms with Crippen molar-refractivity contribution in [2.45, 2.75) is 19.4 Å². The zero-order valence-corrected chi connectivity index (χ0v) is 7.86. The fourth-order valence-electron chi connectivity index (χ4n) is 2.42. The first kappa shape index (κ1) is 7.13. The number of nitrogens with zero attached hydrogens (tertiary/aromatic N) is 2. The molecule has 66 valence electrons. The monoisotopic (exact) mass is 172 g/mol. The highest BCUT2D eigenvalue weighted by Gasteiger charge is 2.54. The minimum Gasteiger partial charge on any atom is -0.340 e. The summed E-state index contributed by atoms with van der Waals surface area (Å²) < 4.78 is 0. The van der Waals surface area contributed by atoms with Gasteiger partial charge < -0.3 is 4.90 Å². The van der Waals surface area contributed by atoms with Crippen LogP contribution in [0.1, 0.15) is 13.8 Å². The van der Waals surface area contributed by atoms with Crippen molar-refractivity contribution in [2.24, 2.45) is 10.4 Å². The van der Waals surface area contributed by atoms with Crippen LogP contribution in [0.25, 0.3) is 0 Å². The Balaban J connectivity index is 2.29. The maximum absolute atomic E-state index is 4.42. The van der Waals surface area contributed by atoms with Crippen LogP contribution in [0.4, 0.5) is 0 Å². The fraction of sp³-hybridized carbons (Fsp3) is 0.364. The molecular formula is C11H12N2. The minimum atomic E-state index is 0.0295. The van der Waals surface area contributed by atoms with Crippen LogP contribution in [-0.4, -0.2) is 16.2 Å². The van der Waals surface area contributed by atoms with E-state index in [0.29, 0.717) is 0 Å². The smallest absolute Gasteiger partial charge is 0.0955 e. The van der Waals surface area contributed by atoms with Crippen molar-refractivity contribution in [3.8, 4) is 0 Å². The SMILES string of the molecule is CC12C=CC3=NC=CN(C=C1)C32C. The van der Waals surface area contributed by atoms with Gasteiger partial charge in [0.1, 0.15) is 0 Å². The molecule has 0 fully saturated rings. The summed E-state index contributed by atoms with van der Waals surface area (Å²) in [7, 11) is 0. The van der Waals surface area contributed by atoms with Gasteiger partial charge in [0.15, 0.2) is 0 Å². The van der Waals surface area contributed by atoms with E-state index in [4.69, 9.17) is 0 Å². The molecule has 0 bridgehead atoms. The molecule has 0 radical (unpaired) electrons. The van der Waals surface area contributed by atoms with Crippen molar-refractivity contribution in [1.29, 1.82) is 0 Å². The van der Waals surface area contributed by atoms with Crippen LogP contribution in [-0.2, 0) is 0 Å². The van der Waals surface area contributed by atoms with Gasteiger partial charge in [0.2, 0.25) is 0 Å². The molecule has 1 aliphatic carbocycles. The molecule has 0 spiro atoms. The molecule has 2 nitrogen and oxygen atoms in total. The molecule has 3 rings (SSSR count). The molecule has 2 heterocycles. The van der Waals surface area contributed by atoms with E-state index in [1.54, 1.807) is 0 Å². The topological polar surface area (TPSA) is 15.6 Å². The van der Waals surface area contributed by atoms with Crippen LogP contribution in [0.5, 0.6) is 0 Å². The van der Waals surface area contributed by atoms with E-state index in [9.17, 15) is 0 Å². The van der Waals surface area contributed by atoms with Gasteiger partial charge in [-0.15, -0.1) is 0 Å². The quantitative estimate of drug-likeness (QED) is 0.546. The zero-order valence-electron chi connectivity index (χ0n) is 7.86. The molecule has 2 heteroatoms. The van der Waals surface area contributed by atoms with Gasteiger partial charge in [-0.3, -0.25) is 4.99 Å². The molecule has 2 unspecified atom stereocenters. The van der Waals surface area contributed by atoms with Crippen molar-refractivity contribution < 1.29 is 0 Å². The van der Waals surface area contributed by atoms with Crippen molar-refractivity contribution in [3.05, 3.63) is 36.8 Å². The maximum Gasteiger partial charge on any atom is 0.0955 e. The average molecular weight is 172 g/mol. The average Bonchev–Trinajstić information content (AvgIpc) is 2.53. The number of rotatable bonds is 0. The Morgan fingerprint density at radius 2 is 2.08 bits per heavy atom. The Kier molecular flexibility index (Phi) is 0.981. The molecule has 0 aromatic heterocycles. The second kappa shape index (κ2) is 1.79. The van der Waals surface area contributed by atoms with Crippen LogP contribution in [0.3, 0.4) is 0 Å². The second-order valence-electron chi connectivity index (χ2n) is 4.22. The summed E-state index contributed by atoms with van der Waals surface area (Å²) in [5.41, 5.74) is 1.32. The summed E-state index contributed by atoms with van der Waals surface area (Å²) in [5.74, 6) is 0. The van der Waals surface area contributed by atoms with Crippen LogP contribution < -0.4 is 0 Å². The third kappa shape index (κ3) is 0.568. The van der Waals surface area contributed by atoms with Gasteiger partial charge in [-0.05, 0) is 19.9 Å². The summed E-state index contributed by atoms with van der Waals surface area (Å²) in [6, 6.07) is 0. The van der Waals surface area contributed by atoms with E-state index in [2.05, 4.69) is 48.2 Å². The fourth-order valence-corrected chi connectivity index (χ4v) is 2.42. The first-order valence-corrected chi connectivity index (χ1v) is 4.59. The first-order valence-electron chi connectivity index (χ1n) is 4.59. The van der Waals surface area contributed by atoms with E-state index < -0.39 is 0 Å². The first-order chi connectivity index (χ1) is 6.17. The Morgan fingerprint density at radius 1 is 1.23 bits per heavy atom. The van der Waals surface area contributed by atoms with E-state index in [1.165, 1.54) is 5.71 Å². The maximum atomic E-state index is 4.42. The number of hydrogen-bond donors (Lipinski definition) is 0. The molecule has 2 aliphatic heterocycles. The highest BCUT2D eigenvalue weighted by Crippen LogP contribution is 2.50. The molecule has 2 atom stereocenters. The van der Waals surface area contributed by atoms with Gasteiger partial charge in [0.05, 0.1) is 11.3 Å². The summed E-state index contributed by atoms with van der Waals surface area (Å²) in [6.07, 6.45) is 12.7. The van der Waals surface area contributed by atoms with Crippen molar-refractivity contribution >= 4 is 5.71 Å². The Morgan fingerprint density at radius 3 is 2.92 bits per heavy atom. The summed E-state index contributed by atoms with van der Waals surface area (Å²) >= 11 is 0. The van der Waals surface area contributed by atoms with Crippen LogP contribution >= 0.6 is 0 Å². The third-order valence-corrected chi connectivity index (χ3v) is 3.67. The van der Waals surface area contributed by atoms with E-state index >= 15 is 0 Å². The Bertz CT molecular complexity index is 389. The lowest BCUT2D eigenvalue weighted by atomic mass is 9.75. The van der Waals surface area contributed by atoms with Gasteiger partial charge in [0, 0.05) is 24.0 Å². The molecule has 0 amide bonds. The second-order valence-corrected chi connectivity index (χ2v) is 4.22. The van der Waals surface area contributed by atoms with Gasteiger partial charge in [-0.25, -0.2) is 0 Å². The predicted octanol–water partition coefficient (Wildman–Crippen LogP) is 2.08. The Hall–Kier alpha value is -1.31. The van der Waals surface area contributed by atoms with Crippen LogP contribution in [0.2, 0.25) is 0 Å². The standard InChI is InChI=1S/C11H12N2/c1-10-4-3-9-11(10,2)13(7-5-10)8-6-12-9/h3-8H,1-2H3. The lowest BCUT2D eigenvalue weighted by Crippen LogP contribution is -2.51. The van der Waals surface area contributed by atoms with Gasteiger partial charge in [0.25, 0.3) is 0 Å². The zero-order chi connectivity index (χ0) is 9.10. The molecule has 0 aromatic rings. The highest BCUT2D eigenvalue weighted by molar-refractivity contribution is 6.07. The lowest BCUT2D eigenvalue weighted by molar-refractivity contribution is 0.241. The van der Waals surface area contributed by atoms with Crippen molar-refractivity contribution in [3.63, 3.8) is 0 Å². The van der Waals surface area contributed by atoms with Gasteiger partial charge >= 0.3 is 0 Å². The summed E-state index contributed by atoms with van der Waals surface area (Å²) in [4.78, 5) is 6.66. The largest absolute Gasteiger partial charge is 0.340 e. The molecule has 3 aliphatic rings. The molecule has 0 saturated carbocycles. The molecule has 0 aromatic carbocycles. The van der Waals surface area contributed by atoms with Gasteiger partial charge in [-0.1, -0.05) is 12.2 Å². The minimum absolute atomic E-state index is 0.0295. The van der Waals surface area contributed by atoms with Crippen LogP contribution in [0.15, 0.2) is 41.8 Å². The predicted molar refractivity (Wildman–Crippen MR) is 53.2 cm³/mol. The molecule has 0 saturated heterocycles. The van der Waals surface area contributed by atoms with E-state index in [-0.39, 0.29) is 11.0 Å². The normalized spacial score (nSPS) is 44.2. The van der Waals surface area contributed by atoms with Crippen LogP contribution in [0, 0.1) is 5.41 Å². The molecular weight excluding hydrogens is 160 g/mol. The van der Waals surface area contributed by atoms with E-state index in [1.807, 2.05) is 12.4 Å². The number of hydrogen-bond acceptors (Lipinski definition) is 2. The van der Waals surface area contributed by atoms with Crippen molar-refractivity contribution in [1.82, 2.24) is 4.90 Å². The van der Waals surface area contributed by atoms with E-state index in [0.717, 1.165) is 0 Å². The molecule has 13 heavy (non-hydrogen) atoms. The lowest BCUT2D eigenvalue weighted by Gasteiger charge is -2.41. The summed E-state index contributed by atoms with van der Waals surface area (Å²) in [5, 5.41) is 0.